The Morgan fingerprint density at radius 3 is 2.32 bits per heavy atom. The Morgan fingerprint density at radius 2 is 1.65 bits per heavy atom. The van der Waals surface area contributed by atoms with Gasteiger partial charge in [-0.05, 0) is 106 Å². The fraction of sp³-hybridized carbons (Fsp3) is 0.786. The number of benzene rings is 1. The summed E-state index contributed by atoms with van der Waals surface area (Å²) >= 11 is 0. The van der Waals surface area contributed by atoms with Crippen molar-refractivity contribution in [2.45, 2.75) is 82.7 Å². The molecule has 1 heterocycles. The molecular weight excluding hydrogens is 402 g/mol. The Morgan fingerprint density at radius 1 is 0.935 bits per heavy atom. The molecule has 6 aliphatic rings. The van der Waals surface area contributed by atoms with Crippen LogP contribution in [0.5, 0.6) is 0 Å². The van der Waals surface area contributed by atoms with Crippen LogP contribution in [0, 0.1) is 34.5 Å². The molecular formula is C28H42ClNO. The summed E-state index contributed by atoms with van der Waals surface area (Å²) in [5.41, 5.74) is 2.45. The van der Waals surface area contributed by atoms with Gasteiger partial charge in [-0.1, -0.05) is 49.6 Å². The van der Waals surface area contributed by atoms with Gasteiger partial charge in [0.2, 0.25) is 0 Å². The maximum Gasteiger partial charge on any atom is 0.0991 e. The molecule has 0 amide bonds. The lowest BCUT2D eigenvalue weighted by atomic mass is 9.37. The molecule has 1 aromatic carbocycles. The third kappa shape index (κ3) is 3.42. The van der Waals surface area contributed by atoms with Crippen molar-refractivity contribution in [1.29, 1.82) is 0 Å². The highest BCUT2D eigenvalue weighted by molar-refractivity contribution is 5.85. The minimum absolute atomic E-state index is 0. The van der Waals surface area contributed by atoms with Gasteiger partial charge in [0, 0.05) is 5.41 Å². The molecule has 31 heavy (non-hydrogen) atoms. The molecule has 7 rings (SSSR count). The highest BCUT2D eigenvalue weighted by Crippen LogP contribution is 2.74. The van der Waals surface area contributed by atoms with Crippen LogP contribution in [-0.2, 0) is 10.3 Å². The molecule has 4 unspecified atom stereocenters. The van der Waals surface area contributed by atoms with E-state index < -0.39 is 0 Å². The van der Waals surface area contributed by atoms with Crippen LogP contribution in [-0.4, -0.2) is 20.2 Å². The van der Waals surface area contributed by atoms with E-state index in [-0.39, 0.29) is 18.0 Å². The number of nitrogens with one attached hydrogen (secondary N) is 1. The summed E-state index contributed by atoms with van der Waals surface area (Å²) in [6.07, 6.45) is 17.6. The molecule has 0 radical (unpaired) electrons. The SMILES string of the molecule is CNCC1COC(c2ccccc2)(C23CC4CC(CC(C5CCCCC5)(C4)C2)C3)C1.Cl. The second-order valence-electron chi connectivity index (χ2n) is 12.1. The van der Waals surface area contributed by atoms with Crippen molar-refractivity contribution in [2.24, 2.45) is 34.5 Å². The number of rotatable bonds is 5. The molecule has 4 bridgehead atoms. The fourth-order valence-electron chi connectivity index (χ4n) is 9.79. The minimum atomic E-state index is -0.0482. The largest absolute Gasteiger partial charge is 0.369 e. The van der Waals surface area contributed by atoms with Crippen LogP contribution in [0.2, 0.25) is 0 Å². The number of hydrogen-bond acceptors (Lipinski definition) is 2. The summed E-state index contributed by atoms with van der Waals surface area (Å²) < 4.78 is 7.07. The lowest BCUT2D eigenvalue weighted by Crippen LogP contribution is -2.61. The zero-order valence-electron chi connectivity index (χ0n) is 19.4. The van der Waals surface area contributed by atoms with Crippen LogP contribution in [0.3, 0.4) is 0 Å². The highest BCUT2D eigenvalue weighted by Gasteiger charge is 2.68. The molecule has 1 saturated heterocycles. The highest BCUT2D eigenvalue weighted by atomic mass is 35.5. The second kappa shape index (κ2) is 8.33. The Balaban J connectivity index is 0.00000204. The molecule has 1 N–H and O–H groups in total. The third-order valence-electron chi connectivity index (χ3n) is 10.3. The topological polar surface area (TPSA) is 21.3 Å². The van der Waals surface area contributed by atoms with Crippen LogP contribution in [0.4, 0.5) is 0 Å². The van der Waals surface area contributed by atoms with Gasteiger partial charge in [0.1, 0.15) is 0 Å². The van der Waals surface area contributed by atoms with E-state index in [0.717, 1.165) is 30.9 Å². The number of halogens is 1. The summed E-state index contributed by atoms with van der Waals surface area (Å²) in [5, 5.41) is 3.45. The summed E-state index contributed by atoms with van der Waals surface area (Å²) in [7, 11) is 2.10. The van der Waals surface area contributed by atoms with E-state index in [1.54, 1.807) is 12.8 Å². The maximum absolute atomic E-state index is 7.07. The van der Waals surface area contributed by atoms with Gasteiger partial charge in [0.05, 0.1) is 12.2 Å². The van der Waals surface area contributed by atoms with E-state index in [4.69, 9.17) is 4.74 Å². The van der Waals surface area contributed by atoms with Crippen molar-refractivity contribution in [1.82, 2.24) is 5.32 Å². The van der Waals surface area contributed by atoms with Gasteiger partial charge < -0.3 is 10.1 Å². The van der Waals surface area contributed by atoms with Crippen molar-refractivity contribution >= 4 is 12.4 Å². The van der Waals surface area contributed by atoms with Gasteiger partial charge in [-0.25, -0.2) is 0 Å². The van der Waals surface area contributed by atoms with Crippen molar-refractivity contribution in [2.75, 3.05) is 20.2 Å². The quantitative estimate of drug-likeness (QED) is 0.544. The van der Waals surface area contributed by atoms with E-state index >= 15 is 0 Å². The summed E-state index contributed by atoms with van der Waals surface area (Å²) in [5.74, 6) is 3.56. The van der Waals surface area contributed by atoms with Gasteiger partial charge in [-0.15, -0.1) is 12.4 Å². The molecule has 6 fully saturated rings. The van der Waals surface area contributed by atoms with Gasteiger partial charge in [0.25, 0.3) is 0 Å². The fourth-order valence-corrected chi connectivity index (χ4v) is 9.79. The van der Waals surface area contributed by atoms with Crippen LogP contribution >= 0.6 is 12.4 Å². The Labute approximate surface area is 195 Å². The standard InChI is InChI=1S/C28H41NO.ClH/c1-29-18-23-17-28(30-19-23,25-10-6-3-7-11-25)27-15-21-12-22(16-27)14-26(13-21,20-27)24-8-4-2-5-9-24;/h3,6-7,10-11,21-24,29H,2,4-5,8-9,12-20H2,1H3;1H. The Kier molecular flexibility index (Phi) is 5.98. The lowest BCUT2D eigenvalue weighted by molar-refractivity contribution is -0.228. The van der Waals surface area contributed by atoms with E-state index in [2.05, 4.69) is 42.7 Å². The molecule has 4 atom stereocenters. The predicted octanol–water partition coefficient (Wildman–Crippen LogP) is 6.73. The normalized spacial score (nSPS) is 44.4. The molecule has 2 nitrogen and oxygen atoms in total. The number of ether oxygens (including phenoxy) is 1. The van der Waals surface area contributed by atoms with Crippen molar-refractivity contribution in [3.63, 3.8) is 0 Å². The summed E-state index contributed by atoms with van der Waals surface area (Å²) in [4.78, 5) is 0. The van der Waals surface area contributed by atoms with Crippen molar-refractivity contribution in [3.8, 4) is 0 Å². The molecule has 0 aromatic heterocycles. The van der Waals surface area contributed by atoms with E-state index in [9.17, 15) is 0 Å². The van der Waals surface area contributed by atoms with Crippen molar-refractivity contribution < 1.29 is 4.74 Å². The van der Waals surface area contributed by atoms with Gasteiger partial charge >= 0.3 is 0 Å². The first kappa shape index (κ1) is 22.2. The Hall–Kier alpha value is -0.570. The van der Waals surface area contributed by atoms with E-state index in [1.807, 2.05) is 0 Å². The smallest absolute Gasteiger partial charge is 0.0991 e. The van der Waals surface area contributed by atoms with Crippen LogP contribution in [0.15, 0.2) is 30.3 Å². The predicted molar refractivity (Wildman–Crippen MR) is 129 cm³/mol. The van der Waals surface area contributed by atoms with Crippen LogP contribution in [0.1, 0.15) is 82.6 Å². The molecule has 1 aliphatic heterocycles. The van der Waals surface area contributed by atoms with Gasteiger partial charge in [-0.3, -0.25) is 0 Å². The number of hydrogen-bond donors (Lipinski definition) is 1. The molecule has 5 saturated carbocycles. The molecule has 0 spiro atoms. The van der Waals surface area contributed by atoms with Crippen molar-refractivity contribution in [3.05, 3.63) is 35.9 Å². The lowest BCUT2D eigenvalue weighted by Gasteiger charge is -2.68. The van der Waals surface area contributed by atoms with Crippen LogP contribution in [0.25, 0.3) is 0 Å². The Bertz CT molecular complexity index is 746. The molecule has 1 aromatic rings. The monoisotopic (exact) mass is 443 g/mol. The minimum Gasteiger partial charge on any atom is -0.369 e. The first-order valence-electron chi connectivity index (χ1n) is 13.0. The van der Waals surface area contributed by atoms with E-state index in [0.29, 0.717) is 16.7 Å². The molecule has 3 heteroatoms. The first-order chi connectivity index (χ1) is 14.7. The van der Waals surface area contributed by atoms with E-state index in [1.165, 1.54) is 69.8 Å². The molecule has 172 valence electrons. The maximum atomic E-state index is 7.07. The zero-order valence-corrected chi connectivity index (χ0v) is 20.2. The third-order valence-corrected chi connectivity index (χ3v) is 10.3. The average molecular weight is 444 g/mol. The van der Waals surface area contributed by atoms with Crippen LogP contribution < -0.4 is 5.32 Å². The summed E-state index contributed by atoms with van der Waals surface area (Å²) in [6, 6.07) is 11.5. The van der Waals surface area contributed by atoms with Gasteiger partial charge in [-0.2, -0.15) is 0 Å². The average Bonchev–Trinajstić information content (AvgIpc) is 3.20. The second-order valence-corrected chi connectivity index (χ2v) is 12.1. The zero-order chi connectivity index (χ0) is 20.2. The first-order valence-corrected chi connectivity index (χ1v) is 13.0. The molecule has 5 aliphatic carbocycles. The summed E-state index contributed by atoms with van der Waals surface area (Å²) in [6.45, 7) is 2.02. The van der Waals surface area contributed by atoms with Gasteiger partial charge in [0.15, 0.2) is 0 Å².